The number of unbranched alkanes of at least 4 members (excludes halogenated alkanes) is 2. The Balaban J connectivity index is 2.47. The lowest BCUT2D eigenvalue weighted by Gasteiger charge is -2.27. The molecule has 0 radical (unpaired) electrons. The minimum Gasteiger partial charge on any atom is -0.302 e. The molecule has 0 saturated heterocycles. The number of fused-ring (bicyclic) bond motifs is 1. The summed E-state index contributed by atoms with van der Waals surface area (Å²) in [5, 5.41) is 2.23. The Bertz CT molecular complexity index is 647. The van der Waals surface area contributed by atoms with E-state index < -0.39 is 11.1 Å². The van der Waals surface area contributed by atoms with E-state index in [0.717, 1.165) is 17.2 Å². The smallest absolute Gasteiger partial charge is 0.186 e. The monoisotopic (exact) mass is 304 g/mol. The van der Waals surface area contributed by atoms with Gasteiger partial charge in [0, 0.05) is 0 Å². The lowest BCUT2D eigenvalue weighted by Crippen LogP contribution is -2.17. The average Bonchev–Trinajstić information content (AvgIpc) is 2.46. The molecule has 1 atom stereocenters. The number of hydrogen-bond acceptors (Lipinski definition) is 1. The van der Waals surface area contributed by atoms with Crippen molar-refractivity contribution in [1.29, 1.82) is 0 Å². The number of rotatable bonds is 6. The largest absolute Gasteiger partial charge is 0.302 e. The molecule has 3 heteroatoms. The van der Waals surface area contributed by atoms with E-state index in [1.807, 2.05) is 12.1 Å². The van der Waals surface area contributed by atoms with Crippen LogP contribution in [0.25, 0.3) is 10.8 Å². The summed E-state index contributed by atoms with van der Waals surface area (Å²) in [6.45, 7) is 6.74. The molecule has 0 aliphatic heterocycles. The van der Waals surface area contributed by atoms with Crippen LogP contribution >= 0.6 is 0 Å². The summed E-state index contributed by atoms with van der Waals surface area (Å²) in [5.74, 6) is 0. The first kappa shape index (κ1) is 16.2. The Kier molecular flexibility index (Phi) is 5.17. The molecule has 2 nitrogen and oxygen atoms in total. The minimum absolute atomic E-state index is 0.0737. The van der Waals surface area contributed by atoms with Gasteiger partial charge in [0.25, 0.3) is 0 Å². The maximum Gasteiger partial charge on any atom is 0.186 e. The zero-order valence-corrected chi connectivity index (χ0v) is 13.9. The van der Waals surface area contributed by atoms with Gasteiger partial charge in [0.05, 0.1) is 4.90 Å². The van der Waals surface area contributed by atoms with Crippen LogP contribution in [0, 0.1) is 0 Å². The number of hydrogen-bond donors (Lipinski definition) is 1. The first-order valence-corrected chi connectivity index (χ1v) is 8.70. The van der Waals surface area contributed by atoms with Crippen LogP contribution in [0.3, 0.4) is 0 Å². The highest BCUT2D eigenvalue weighted by Crippen LogP contribution is 2.35. The van der Waals surface area contributed by atoms with Crippen LogP contribution in [0.15, 0.2) is 41.3 Å². The van der Waals surface area contributed by atoms with Crippen molar-refractivity contribution in [3.8, 4) is 0 Å². The van der Waals surface area contributed by atoms with Gasteiger partial charge in [-0.3, -0.25) is 0 Å². The minimum atomic E-state index is -1.93. The zero-order chi connectivity index (χ0) is 15.5. The molecule has 0 aliphatic rings. The summed E-state index contributed by atoms with van der Waals surface area (Å²) in [5.41, 5.74) is 1.34. The van der Waals surface area contributed by atoms with Crippen molar-refractivity contribution in [3.05, 3.63) is 42.0 Å². The summed E-state index contributed by atoms with van der Waals surface area (Å²) < 4.78 is 20.7. The van der Waals surface area contributed by atoms with Gasteiger partial charge in [-0.25, -0.2) is 4.21 Å². The second-order valence-corrected chi connectivity index (χ2v) is 7.25. The first-order valence-electron chi connectivity index (χ1n) is 7.60. The summed E-state index contributed by atoms with van der Waals surface area (Å²) >= 11 is -1.93. The van der Waals surface area contributed by atoms with Crippen molar-refractivity contribution >= 4 is 21.9 Å². The van der Waals surface area contributed by atoms with Gasteiger partial charge in [-0.15, -0.1) is 0 Å². The van der Waals surface area contributed by atoms with Crippen molar-refractivity contribution in [2.75, 3.05) is 0 Å². The Hall–Kier alpha value is -1.19. The van der Waals surface area contributed by atoms with Crippen LogP contribution in [0.4, 0.5) is 0 Å². The van der Waals surface area contributed by atoms with E-state index in [1.54, 1.807) is 6.07 Å². The highest BCUT2D eigenvalue weighted by Gasteiger charge is 2.22. The van der Waals surface area contributed by atoms with Gasteiger partial charge >= 0.3 is 0 Å². The van der Waals surface area contributed by atoms with Gasteiger partial charge < -0.3 is 4.55 Å². The van der Waals surface area contributed by atoms with Crippen molar-refractivity contribution in [2.45, 2.75) is 56.8 Å². The van der Waals surface area contributed by atoms with E-state index in [-0.39, 0.29) is 5.41 Å². The molecule has 0 amide bonds. The third-order valence-corrected chi connectivity index (χ3v) is 4.85. The fourth-order valence-corrected chi connectivity index (χ4v) is 3.31. The zero-order valence-electron chi connectivity index (χ0n) is 13.1. The van der Waals surface area contributed by atoms with Gasteiger partial charge in [-0.05, 0) is 40.3 Å². The average molecular weight is 304 g/mol. The maximum atomic E-state index is 11.3. The topological polar surface area (TPSA) is 37.3 Å². The highest BCUT2D eigenvalue weighted by atomic mass is 32.2. The molecule has 2 aromatic rings. The maximum absolute atomic E-state index is 11.3. The van der Waals surface area contributed by atoms with E-state index in [9.17, 15) is 8.76 Å². The molecule has 0 fully saturated rings. The molecule has 0 aromatic heterocycles. The first-order chi connectivity index (χ1) is 9.95. The van der Waals surface area contributed by atoms with Crippen LogP contribution in [-0.4, -0.2) is 8.76 Å². The predicted molar refractivity (Wildman–Crippen MR) is 90.2 cm³/mol. The third-order valence-electron chi connectivity index (χ3n) is 4.19. The fourth-order valence-electron chi connectivity index (χ4n) is 2.90. The molecular formula is C18H24O2S. The predicted octanol–water partition coefficient (Wildman–Crippen LogP) is 5.28. The molecule has 0 spiro atoms. The molecule has 114 valence electrons. The summed E-state index contributed by atoms with van der Waals surface area (Å²) in [6.07, 6.45) is 4.82. The molecule has 0 heterocycles. The van der Waals surface area contributed by atoms with Gasteiger partial charge in [-0.2, -0.15) is 0 Å². The van der Waals surface area contributed by atoms with Crippen LogP contribution in [0.5, 0.6) is 0 Å². The van der Waals surface area contributed by atoms with Gasteiger partial charge in [0.15, 0.2) is 11.1 Å². The van der Waals surface area contributed by atoms with Crippen LogP contribution < -0.4 is 0 Å². The van der Waals surface area contributed by atoms with Crippen molar-refractivity contribution in [1.82, 2.24) is 0 Å². The molecule has 2 aromatic carbocycles. The second-order valence-electron chi connectivity index (χ2n) is 6.28. The summed E-state index contributed by atoms with van der Waals surface area (Å²) in [6, 6.07) is 11.8. The standard InChI is InChI=1S/C18H24O2S/c1-4-5-6-12-18(2,3)17-9-7-8-14-10-11-15(21(19)20)13-16(14)17/h7-11,13H,4-6,12H2,1-3H3,(H,19,20). The molecule has 0 aliphatic carbocycles. The molecule has 2 rings (SSSR count). The van der Waals surface area contributed by atoms with Crippen LogP contribution in [0.1, 0.15) is 52.0 Å². The second kappa shape index (κ2) is 6.71. The highest BCUT2D eigenvalue weighted by molar-refractivity contribution is 7.79. The van der Waals surface area contributed by atoms with Crippen molar-refractivity contribution in [2.24, 2.45) is 0 Å². The van der Waals surface area contributed by atoms with E-state index in [4.69, 9.17) is 0 Å². The van der Waals surface area contributed by atoms with Gasteiger partial charge in [-0.1, -0.05) is 64.3 Å². The normalized spacial score (nSPS) is 13.5. The lowest BCUT2D eigenvalue weighted by molar-refractivity contribution is 0.453. The Labute approximate surface area is 129 Å². The van der Waals surface area contributed by atoms with Crippen molar-refractivity contribution in [3.63, 3.8) is 0 Å². The summed E-state index contributed by atoms with van der Waals surface area (Å²) in [4.78, 5) is 0.472. The molecule has 0 saturated carbocycles. The van der Waals surface area contributed by atoms with Gasteiger partial charge in [0.1, 0.15) is 0 Å². The molecule has 1 N–H and O–H groups in total. The Morgan fingerprint density at radius 2 is 1.90 bits per heavy atom. The Morgan fingerprint density at radius 3 is 2.57 bits per heavy atom. The van der Waals surface area contributed by atoms with Crippen molar-refractivity contribution < 1.29 is 8.76 Å². The molecule has 21 heavy (non-hydrogen) atoms. The van der Waals surface area contributed by atoms with Crippen LogP contribution in [-0.2, 0) is 16.5 Å². The fraction of sp³-hybridized carbons (Fsp3) is 0.444. The van der Waals surface area contributed by atoms with Gasteiger partial charge in [0.2, 0.25) is 0 Å². The van der Waals surface area contributed by atoms with E-state index in [2.05, 4.69) is 39.0 Å². The van der Waals surface area contributed by atoms with Crippen LogP contribution in [0.2, 0.25) is 0 Å². The quantitative estimate of drug-likeness (QED) is 0.582. The Morgan fingerprint density at radius 1 is 1.14 bits per heavy atom. The third kappa shape index (κ3) is 3.72. The summed E-state index contributed by atoms with van der Waals surface area (Å²) in [7, 11) is 0. The van der Waals surface area contributed by atoms with E-state index >= 15 is 0 Å². The molecule has 1 unspecified atom stereocenters. The molecule has 0 bridgehead atoms. The van der Waals surface area contributed by atoms with E-state index in [0.29, 0.717) is 4.90 Å². The number of benzene rings is 2. The van der Waals surface area contributed by atoms with E-state index in [1.165, 1.54) is 24.8 Å². The molecular weight excluding hydrogens is 280 g/mol. The lowest BCUT2D eigenvalue weighted by atomic mass is 9.78. The SMILES string of the molecule is CCCCCC(C)(C)c1cccc2ccc(S(=O)O)cc12.